The van der Waals surface area contributed by atoms with Crippen LogP contribution in [0.5, 0.6) is 0 Å². The van der Waals surface area contributed by atoms with Crippen LogP contribution in [0.25, 0.3) is 0 Å². The van der Waals surface area contributed by atoms with E-state index in [9.17, 15) is 14.0 Å². The Labute approximate surface area is 138 Å². The average Bonchev–Trinajstić information content (AvgIpc) is 3.02. The lowest BCUT2D eigenvalue weighted by molar-refractivity contribution is -0.118. The van der Waals surface area contributed by atoms with Crippen molar-refractivity contribution in [2.45, 2.75) is 26.8 Å². The third-order valence-corrected chi connectivity index (χ3v) is 4.29. The van der Waals surface area contributed by atoms with Gasteiger partial charge in [-0.3, -0.25) is 9.59 Å². The summed E-state index contributed by atoms with van der Waals surface area (Å²) in [5.41, 5.74) is 0.878. The summed E-state index contributed by atoms with van der Waals surface area (Å²) in [6.07, 6.45) is 0. The van der Waals surface area contributed by atoms with E-state index in [0.29, 0.717) is 16.1 Å². The van der Waals surface area contributed by atoms with Crippen LogP contribution in [0, 0.1) is 18.7 Å². The van der Waals surface area contributed by atoms with Crippen molar-refractivity contribution in [3.63, 3.8) is 0 Å². The van der Waals surface area contributed by atoms with Crippen molar-refractivity contribution in [2.75, 3.05) is 5.32 Å². The molecule has 0 aliphatic rings. The highest BCUT2D eigenvalue weighted by atomic mass is 32.1. The molecule has 0 saturated heterocycles. The predicted molar refractivity (Wildman–Crippen MR) is 90.2 cm³/mol. The van der Waals surface area contributed by atoms with Crippen LogP contribution in [0.2, 0.25) is 0 Å². The number of halogens is 1. The molecule has 1 heterocycles. The molecule has 0 unspecified atom stereocenters. The molecule has 0 aliphatic heterocycles. The van der Waals surface area contributed by atoms with Crippen LogP contribution in [-0.2, 0) is 4.79 Å². The minimum Gasteiger partial charge on any atom is -0.339 e. The summed E-state index contributed by atoms with van der Waals surface area (Å²) in [5, 5.41) is 7.18. The van der Waals surface area contributed by atoms with Gasteiger partial charge in [0.1, 0.15) is 11.9 Å². The van der Waals surface area contributed by atoms with Crippen molar-refractivity contribution in [1.82, 2.24) is 5.32 Å². The van der Waals surface area contributed by atoms with E-state index in [2.05, 4.69) is 10.6 Å². The van der Waals surface area contributed by atoms with Gasteiger partial charge in [0.15, 0.2) is 0 Å². The van der Waals surface area contributed by atoms with Gasteiger partial charge in [-0.25, -0.2) is 4.39 Å². The van der Waals surface area contributed by atoms with Crippen LogP contribution in [0.3, 0.4) is 0 Å². The second-order valence-corrected chi connectivity index (χ2v) is 6.57. The van der Waals surface area contributed by atoms with Gasteiger partial charge < -0.3 is 10.6 Å². The van der Waals surface area contributed by atoms with E-state index in [1.165, 1.54) is 17.4 Å². The third kappa shape index (κ3) is 4.39. The van der Waals surface area contributed by atoms with Crippen molar-refractivity contribution in [3.8, 4) is 0 Å². The molecule has 2 aromatic rings. The van der Waals surface area contributed by atoms with Crippen LogP contribution >= 0.6 is 11.3 Å². The molecule has 6 heteroatoms. The molecule has 0 spiro atoms. The molecule has 0 saturated carbocycles. The first-order valence-electron chi connectivity index (χ1n) is 7.30. The molecular weight excluding hydrogens is 315 g/mol. The first kappa shape index (κ1) is 17.1. The summed E-state index contributed by atoms with van der Waals surface area (Å²) in [5.74, 6) is -1.14. The van der Waals surface area contributed by atoms with E-state index in [1.54, 1.807) is 36.6 Å². The Morgan fingerprint density at radius 3 is 2.52 bits per heavy atom. The average molecular weight is 334 g/mol. The Bertz CT molecular complexity index is 699. The van der Waals surface area contributed by atoms with Crippen LogP contribution in [0.15, 0.2) is 35.7 Å². The molecule has 0 bridgehead atoms. The van der Waals surface area contributed by atoms with Crippen molar-refractivity contribution < 1.29 is 14.0 Å². The van der Waals surface area contributed by atoms with Gasteiger partial charge in [0.2, 0.25) is 5.91 Å². The lowest BCUT2D eigenvalue weighted by Crippen LogP contribution is -2.46. The Morgan fingerprint density at radius 1 is 1.22 bits per heavy atom. The fraction of sp³-hybridized carbons (Fsp3) is 0.294. The quantitative estimate of drug-likeness (QED) is 0.878. The van der Waals surface area contributed by atoms with Gasteiger partial charge in [0.05, 0.1) is 4.88 Å². The highest BCUT2D eigenvalue weighted by molar-refractivity contribution is 7.12. The number of rotatable bonds is 5. The summed E-state index contributed by atoms with van der Waals surface area (Å²) >= 11 is 1.31. The second-order valence-electron chi connectivity index (χ2n) is 5.63. The zero-order valence-corrected chi connectivity index (χ0v) is 14.0. The number of anilines is 1. The highest BCUT2D eigenvalue weighted by Gasteiger charge is 2.25. The minimum absolute atomic E-state index is 0.103. The maximum atomic E-state index is 13.6. The highest BCUT2D eigenvalue weighted by Crippen LogP contribution is 2.15. The first-order chi connectivity index (χ1) is 10.9. The van der Waals surface area contributed by atoms with Crippen LogP contribution in [0.1, 0.15) is 29.1 Å². The van der Waals surface area contributed by atoms with Crippen LogP contribution in [-0.4, -0.2) is 17.9 Å². The molecular formula is C17H19FN2O2S. The summed E-state index contributed by atoms with van der Waals surface area (Å²) < 4.78 is 13.6. The molecule has 122 valence electrons. The van der Waals surface area contributed by atoms with E-state index in [1.807, 2.05) is 13.8 Å². The molecule has 4 nitrogen and oxygen atoms in total. The van der Waals surface area contributed by atoms with Gasteiger partial charge in [-0.1, -0.05) is 26.0 Å². The van der Waals surface area contributed by atoms with Gasteiger partial charge >= 0.3 is 0 Å². The van der Waals surface area contributed by atoms with E-state index >= 15 is 0 Å². The number of hydrogen-bond acceptors (Lipinski definition) is 3. The fourth-order valence-corrected chi connectivity index (χ4v) is 2.67. The topological polar surface area (TPSA) is 58.2 Å². The van der Waals surface area contributed by atoms with Gasteiger partial charge in [0, 0.05) is 5.69 Å². The Kier molecular flexibility index (Phi) is 5.50. The van der Waals surface area contributed by atoms with Crippen LogP contribution < -0.4 is 10.6 Å². The zero-order chi connectivity index (χ0) is 17.0. The lowest BCUT2D eigenvalue weighted by atomic mass is 10.0. The lowest BCUT2D eigenvalue weighted by Gasteiger charge is -2.21. The summed E-state index contributed by atoms with van der Waals surface area (Å²) in [7, 11) is 0. The number of amides is 2. The van der Waals surface area contributed by atoms with E-state index in [4.69, 9.17) is 0 Å². The molecule has 0 fully saturated rings. The maximum absolute atomic E-state index is 13.6. The Balaban J connectivity index is 2.09. The van der Waals surface area contributed by atoms with E-state index in [-0.39, 0.29) is 23.5 Å². The van der Waals surface area contributed by atoms with E-state index < -0.39 is 6.04 Å². The van der Waals surface area contributed by atoms with Gasteiger partial charge in [-0.05, 0) is 42.0 Å². The Morgan fingerprint density at radius 2 is 1.96 bits per heavy atom. The molecule has 2 rings (SSSR count). The van der Waals surface area contributed by atoms with Crippen molar-refractivity contribution in [2.24, 2.45) is 5.92 Å². The normalized spacial score (nSPS) is 12.0. The van der Waals surface area contributed by atoms with Crippen molar-refractivity contribution >= 4 is 28.8 Å². The predicted octanol–water partition coefficient (Wildman–Crippen LogP) is 3.59. The standard InChI is InChI=1S/C17H19FN2O2S/c1-10(2)15(20-16(21)14-5-4-8-23-14)17(22)19-12-7-6-11(3)13(18)9-12/h4-10,15H,1-3H3,(H,19,22)(H,20,21)/t15-/m1/s1. The van der Waals surface area contributed by atoms with Gasteiger partial charge in [-0.2, -0.15) is 0 Å². The van der Waals surface area contributed by atoms with E-state index in [0.717, 1.165) is 0 Å². The smallest absolute Gasteiger partial charge is 0.262 e. The first-order valence-corrected chi connectivity index (χ1v) is 8.18. The SMILES string of the molecule is Cc1ccc(NC(=O)[C@H](NC(=O)c2cccs2)C(C)C)cc1F. The maximum Gasteiger partial charge on any atom is 0.262 e. The number of nitrogens with one attached hydrogen (secondary N) is 2. The number of carbonyl (C=O) groups is 2. The molecule has 23 heavy (non-hydrogen) atoms. The van der Waals surface area contributed by atoms with Crippen LogP contribution in [0.4, 0.5) is 10.1 Å². The van der Waals surface area contributed by atoms with Gasteiger partial charge in [0.25, 0.3) is 5.91 Å². The number of carbonyl (C=O) groups excluding carboxylic acids is 2. The molecule has 1 aromatic carbocycles. The number of aryl methyl sites for hydroxylation is 1. The Hall–Kier alpha value is -2.21. The molecule has 1 aromatic heterocycles. The second kappa shape index (κ2) is 7.37. The molecule has 1 atom stereocenters. The summed E-state index contributed by atoms with van der Waals surface area (Å²) in [6, 6.07) is 7.28. The summed E-state index contributed by atoms with van der Waals surface area (Å²) in [4.78, 5) is 25.1. The summed E-state index contributed by atoms with van der Waals surface area (Å²) in [6.45, 7) is 5.34. The van der Waals surface area contributed by atoms with Crippen molar-refractivity contribution in [3.05, 3.63) is 52.0 Å². The number of benzene rings is 1. The number of hydrogen-bond donors (Lipinski definition) is 2. The molecule has 2 amide bonds. The third-order valence-electron chi connectivity index (χ3n) is 3.42. The van der Waals surface area contributed by atoms with Gasteiger partial charge in [-0.15, -0.1) is 11.3 Å². The fourth-order valence-electron chi connectivity index (χ4n) is 2.05. The molecule has 0 radical (unpaired) electrons. The largest absolute Gasteiger partial charge is 0.339 e. The monoisotopic (exact) mass is 334 g/mol. The minimum atomic E-state index is -0.700. The zero-order valence-electron chi connectivity index (χ0n) is 13.2. The number of thiophene rings is 1. The molecule has 2 N–H and O–H groups in total. The van der Waals surface area contributed by atoms with Crippen molar-refractivity contribution in [1.29, 1.82) is 0 Å². The molecule has 0 aliphatic carbocycles.